The number of thioether (sulfide) groups is 1. The lowest BCUT2D eigenvalue weighted by atomic mass is 10.2. The fourth-order valence-electron chi connectivity index (χ4n) is 3.68. The summed E-state index contributed by atoms with van der Waals surface area (Å²) >= 11 is 13.7. The van der Waals surface area contributed by atoms with Crippen molar-refractivity contribution in [3.8, 4) is 0 Å². The molecule has 1 aliphatic rings. The zero-order valence-electron chi connectivity index (χ0n) is 17.7. The maximum absolute atomic E-state index is 11.2. The zero-order chi connectivity index (χ0) is 24.5. The number of hydrogen-bond donors (Lipinski definition) is 2. The Bertz CT molecular complexity index is 1390. The summed E-state index contributed by atoms with van der Waals surface area (Å²) in [4.78, 5) is 3.11. The molecule has 0 fully saturated rings. The van der Waals surface area contributed by atoms with Gasteiger partial charge in [0.15, 0.2) is 17.6 Å². The number of benzene rings is 2. The highest BCUT2D eigenvalue weighted by molar-refractivity contribution is 8.03. The maximum atomic E-state index is 11.2. The van der Waals surface area contributed by atoms with Crippen LogP contribution in [0.2, 0.25) is 10.0 Å². The van der Waals surface area contributed by atoms with Crippen LogP contribution in [0.4, 0.5) is 5.69 Å². The SMILES string of the molecule is O=S(O)CCCN1/C(=C/c2sc3ccc(Cl)cc3[n+]2CCCS(=O)(=O)O)Sc2ccc(Cl)cc21. The van der Waals surface area contributed by atoms with Gasteiger partial charge in [0.1, 0.15) is 4.70 Å². The first-order valence-corrected chi connectivity index (χ1v) is 15.5. The summed E-state index contributed by atoms with van der Waals surface area (Å²) in [6.45, 7) is 0.921. The van der Waals surface area contributed by atoms with E-state index in [1.54, 1.807) is 23.1 Å². The number of fused-ring (bicyclic) bond motifs is 2. The molecule has 0 amide bonds. The molecule has 1 atom stereocenters. The monoisotopic (exact) mass is 579 g/mol. The molecule has 1 aromatic heterocycles. The standard InChI is InChI=1S/C21H20Cl2N2O5S4/c22-14-3-5-18-16(11-14)24(7-1-9-33(26)27)20(31-18)13-21-25(8-2-10-34(28,29)30)17-12-15(23)4-6-19(17)32-21/h3-6,11-13H,1-2,7-10H2,(H-,26,27,28,29,30)/p+1. The van der Waals surface area contributed by atoms with Gasteiger partial charge in [-0.25, -0.2) is 4.21 Å². The van der Waals surface area contributed by atoms with Crippen LogP contribution in [-0.4, -0.2) is 39.8 Å². The Morgan fingerprint density at radius 1 is 1.12 bits per heavy atom. The molecule has 3 aromatic rings. The van der Waals surface area contributed by atoms with Crippen LogP contribution in [0.25, 0.3) is 16.3 Å². The lowest BCUT2D eigenvalue weighted by molar-refractivity contribution is -0.668. The van der Waals surface area contributed by atoms with Gasteiger partial charge in [-0.15, -0.1) is 0 Å². The molecule has 0 saturated carbocycles. The number of thiazole rings is 1. The van der Waals surface area contributed by atoms with Crippen molar-refractivity contribution in [3.63, 3.8) is 0 Å². The van der Waals surface area contributed by atoms with Gasteiger partial charge >= 0.3 is 0 Å². The Kier molecular flexibility index (Phi) is 8.25. The van der Waals surface area contributed by atoms with Crippen LogP contribution < -0.4 is 9.47 Å². The van der Waals surface area contributed by atoms with Crippen LogP contribution in [-0.2, 0) is 27.7 Å². The van der Waals surface area contributed by atoms with Crippen molar-refractivity contribution >= 4 is 89.5 Å². The molecule has 4 rings (SSSR count). The second-order valence-corrected chi connectivity index (χ2v) is 13.2. The number of anilines is 1. The summed E-state index contributed by atoms with van der Waals surface area (Å²) in [6, 6.07) is 11.2. The van der Waals surface area contributed by atoms with Gasteiger partial charge in [0.05, 0.1) is 28.3 Å². The van der Waals surface area contributed by atoms with E-state index in [4.69, 9.17) is 27.8 Å². The lowest BCUT2D eigenvalue weighted by Crippen LogP contribution is -2.36. The highest BCUT2D eigenvalue weighted by Crippen LogP contribution is 2.47. The van der Waals surface area contributed by atoms with Gasteiger partial charge in [0.25, 0.3) is 15.1 Å². The van der Waals surface area contributed by atoms with Crippen LogP contribution in [0.1, 0.15) is 17.8 Å². The Labute approximate surface area is 218 Å². The number of nitrogens with zero attached hydrogens (tertiary/aromatic N) is 2. The van der Waals surface area contributed by atoms with Gasteiger partial charge in [0, 0.05) is 34.0 Å². The predicted octanol–water partition coefficient (Wildman–Crippen LogP) is 5.30. The average Bonchev–Trinajstić information content (AvgIpc) is 3.25. The Balaban J connectivity index is 1.73. The summed E-state index contributed by atoms with van der Waals surface area (Å²) < 4.78 is 55.0. The van der Waals surface area contributed by atoms with Crippen LogP contribution in [0.15, 0.2) is 46.3 Å². The molecule has 7 nitrogen and oxygen atoms in total. The summed E-state index contributed by atoms with van der Waals surface area (Å²) in [5.74, 6) is -0.168. The van der Waals surface area contributed by atoms with Crippen LogP contribution in [0, 0.1) is 0 Å². The van der Waals surface area contributed by atoms with E-state index >= 15 is 0 Å². The fraction of sp³-hybridized carbons (Fsp3) is 0.286. The van der Waals surface area contributed by atoms with Crippen molar-refractivity contribution in [3.05, 3.63) is 56.5 Å². The molecule has 0 spiro atoms. The molecule has 1 unspecified atom stereocenters. The van der Waals surface area contributed by atoms with Gasteiger partial charge in [-0.3, -0.25) is 4.55 Å². The molecule has 2 N–H and O–H groups in total. The Morgan fingerprint density at radius 3 is 2.59 bits per heavy atom. The molecule has 0 aliphatic carbocycles. The number of rotatable bonds is 9. The largest absolute Gasteiger partial charge is 0.335 e. The minimum Gasteiger partial charge on any atom is -0.335 e. The van der Waals surface area contributed by atoms with Crippen molar-refractivity contribution in [2.45, 2.75) is 24.3 Å². The number of hydrogen-bond acceptors (Lipinski definition) is 6. The molecule has 13 heteroatoms. The summed E-state index contributed by atoms with van der Waals surface area (Å²) in [7, 11) is -4.06. The maximum Gasteiger partial charge on any atom is 0.265 e. The quantitative estimate of drug-likeness (QED) is 0.202. The highest BCUT2D eigenvalue weighted by Gasteiger charge is 2.28. The summed E-state index contributed by atoms with van der Waals surface area (Å²) in [5, 5.41) is 3.00. The first-order valence-electron chi connectivity index (χ1n) is 10.2. The lowest BCUT2D eigenvalue weighted by Gasteiger charge is -2.20. The minimum absolute atomic E-state index is 0.168. The second-order valence-electron chi connectivity index (χ2n) is 7.57. The minimum atomic E-state index is -4.06. The Hall–Kier alpha value is -1.18. The molecule has 0 saturated heterocycles. The van der Waals surface area contributed by atoms with Crippen molar-refractivity contribution in [2.75, 3.05) is 23.0 Å². The van der Waals surface area contributed by atoms with Crippen molar-refractivity contribution in [1.29, 1.82) is 0 Å². The molecule has 2 heterocycles. The second kappa shape index (κ2) is 10.8. The summed E-state index contributed by atoms with van der Waals surface area (Å²) in [6.07, 6.45) is 2.79. The van der Waals surface area contributed by atoms with Crippen molar-refractivity contribution in [2.24, 2.45) is 0 Å². The topological polar surface area (TPSA) is 98.8 Å². The highest BCUT2D eigenvalue weighted by atomic mass is 35.5. The predicted molar refractivity (Wildman–Crippen MR) is 141 cm³/mol. The van der Waals surface area contributed by atoms with E-state index < -0.39 is 21.2 Å². The molecule has 182 valence electrons. The van der Waals surface area contributed by atoms with E-state index in [2.05, 4.69) is 4.90 Å². The van der Waals surface area contributed by atoms with E-state index in [0.717, 1.165) is 30.8 Å². The third-order valence-corrected chi connectivity index (χ3v) is 9.25. The van der Waals surface area contributed by atoms with Gasteiger partial charge in [0.2, 0.25) is 5.52 Å². The van der Waals surface area contributed by atoms with Gasteiger partial charge < -0.3 is 9.45 Å². The molecule has 2 aromatic carbocycles. The molecule has 34 heavy (non-hydrogen) atoms. The van der Waals surface area contributed by atoms with Crippen molar-refractivity contribution < 1.29 is 26.3 Å². The van der Waals surface area contributed by atoms with Gasteiger partial charge in [-0.1, -0.05) is 46.3 Å². The van der Waals surface area contributed by atoms with E-state index in [9.17, 15) is 17.2 Å². The van der Waals surface area contributed by atoms with Gasteiger partial charge in [-0.05, 0) is 36.8 Å². The van der Waals surface area contributed by atoms with Crippen LogP contribution in [0.5, 0.6) is 0 Å². The number of aryl methyl sites for hydroxylation is 1. The smallest absolute Gasteiger partial charge is 0.265 e. The number of aromatic nitrogens is 1. The third kappa shape index (κ3) is 6.33. The fourth-order valence-corrected chi connectivity index (χ4v) is 7.17. The normalized spacial score (nSPS) is 15.9. The van der Waals surface area contributed by atoms with Crippen LogP contribution >= 0.6 is 46.3 Å². The Morgan fingerprint density at radius 2 is 1.85 bits per heavy atom. The average molecular weight is 581 g/mol. The first-order chi connectivity index (χ1) is 16.1. The third-order valence-electron chi connectivity index (χ3n) is 5.12. The van der Waals surface area contributed by atoms with E-state index in [1.165, 1.54) is 0 Å². The van der Waals surface area contributed by atoms with Gasteiger partial charge in [-0.2, -0.15) is 13.0 Å². The molecule has 1 aliphatic heterocycles. The first kappa shape index (κ1) is 25.9. The number of halogens is 2. The van der Waals surface area contributed by atoms with E-state index in [1.807, 2.05) is 47.0 Å². The molecular weight excluding hydrogens is 559 g/mol. The van der Waals surface area contributed by atoms with Crippen molar-refractivity contribution in [1.82, 2.24) is 0 Å². The molecule has 0 bridgehead atoms. The summed E-state index contributed by atoms with van der Waals surface area (Å²) in [5.41, 5.74) is 1.82. The van der Waals surface area contributed by atoms with E-state index in [0.29, 0.717) is 29.6 Å². The molecule has 0 radical (unpaired) electrons. The van der Waals surface area contributed by atoms with Crippen LogP contribution in [0.3, 0.4) is 0 Å². The molecular formula is C21H21Cl2N2O5S4+. The van der Waals surface area contributed by atoms with E-state index in [-0.39, 0.29) is 17.9 Å². The zero-order valence-corrected chi connectivity index (χ0v) is 22.5.